The van der Waals surface area contributed by atoms with Crippen molar-refractivity contribution in [2.24, 2.45) is 0 Å². The summed E-state index contributed by atoms with van der Waals surface area (Å²) in [5.74, 6) is -0.830. The maximum Gasteiger partial charge on any atom is 0.306 e. The lowest BCUT2D eigenvalue weighted by atomic mass is 10.0. The van der Waals surface area contributed by atoms with Crippen LogP contribution in [0.2, 0.25) is 0 Å². The summed E-state index contributed by atoms with van der Waals surface area (Å²) in [4.78, 5) is 38.2. The highest BCUT2D eigenvalue weighted by molar-refractivity contribution is 5.71. The molecule has 76 heavy (non-hydrogen) atoms. The normalized spacial score (nSPS) is 11.9. The average Bonchev–Trinajstić information content (AvgIpc) is 3.42. The number of hydrogen-bond acceptors (Lipinski definition) is 6. The predicted molar refractivity (Wildman–Crippen MR) is 330 cm³/mol. The number of esters is 3. The third-order valence-electron chi connectivity index (χ3n) is 16.4. The van der Waals surface area contributed by atoms with Gasteiger partial charge in [-0.05, 0) is 19.3 Å². The van der Waals surface area contributed by atoms with E-state index < -0.39 is 6.10 Å². The van der Waals surface area contributed by atoms with E-state index in [4.69, 9.17) is 14.2 Å². The van der Waals surface area contributed by atoms with Crippen molar-refractivity contribution >= 4 is 17.9 Å². The molecule has 0 aliphatic carbocycles. The summed E-state index contributed by atoms with van der Waals surface area (Å²) in [5.41, 5.74) is 0. The molecule has 0 N–H and O–H groups in total. The molecule has 6 heteroatoms. The van der Waals surface area contributed by atoms with Crippen LogP contribution in [0.15, 0.2) is 0 Å². The van der Waals surface area contributed by atoms with Crippen LogP contribution in [0.3, 0.4) is 0 Å². The first-order chi connectivity index (χ1) is 37.5. The highest BCUT2D eigenvalue weighted by atomic mass is 16.6. The maximum absolute atomic E-state index is 12.9. The Morgan fingerprint density at radius 1 is 0.211 bits per heavy atom. The van der Waals surface area contributed by atoms with Crippen LogP contribution in [-0.2, 0) is 28.6 Å². The number of hydrogen-bond donors (Lipinski definition) is 0. The van der Waals surface area contributed by atoms with Gasteiger partial charge in [0, 0.05) is 19.3 Å². The quantitative estimate of drug-likeness (QED) is 0.0343. The van der Waals surface area contributed by atoms with E-state index >= 15 is 0 Å². The summed E-state index contributed by atoms with van der Waals surface area (Å²) in [6.07, 6.45) is 77.3. The predicted octanol–water partition coefficient (Wildman–Crippen LogP) is 23.8. The molecule has 0 rings (SSSR count). The summed E-state index contributed by atoms with van der Waals surface area (Å²) in [6, 6.07) is 0. The molecule has 1 unspecified atom stereocenters. The molecular formula is C70H136O6. The van der Waals surface area contributed by atoms with Crippen molar-refractivity contribution in [2.45, 2.75) is 419 Å². The zero-order valence-corrected chi connectivity index (χ0v) is 52.1. The van der Waals surface area contributed by atoms with Gasteiger partial charge in [0.25, 0.3) is 0 Å². The number of ether oxygens (including phenoxy) is 3. The Morgan fingerprint density at radius 2 is 0.355 bits per heavy atom. The smallest absolute Gasteiger partial charge is 0.306 e. The molecule has 0 aromatic heterocycles. The van der Waals surface area contributed by atoms with Gasteiger partial charge in [0.1, 0.15) is 13.2 Å². The van der Waals surface area contributed by atoms with Gasteiger partial charge >= 0.3 is 17.9 Å². The molecule has 0 aromatic carbocycles. The Morgan fingerprint density at radius 3 is 0.526 bits per heavy atom. The molecule has 0 aromatic rings. The minimum absolute atomic E-state index is 0.0610. The van der Waals surface area contributed by atoms with Crippen molar-refractivity contribution in [1.29, 1.82) is 0 Å². The van der Waals surface area contributed by atoms with E-state index in [9.17, 15) is 14.4 Å². The first kappa shape index (κ1) is 74.4. The van der Waals surface area contributed by atoms with Crippen LogP contribution in [0.1, 0.15) is 412 Å². The van der Waals surface area contributed by atoms with E-state index in [1.54, 1.807) is 0 Å². The van der Waals surface area contributed by atoms with Crippen LogP contribution in [0.5, 0.6) is 0 Å². The second-order valence-electron chi connectivity index (χ2n) is 24.2. The van der Waals surface area contributed by atoms with Crippen molar-refractivity contribution in [3.05, 3.63) is 0 Å². The van der Waals surface area contributed by atoms with Gasteiger partial charge in [0.2, 0.25) is 0 Å². The lowest BCUT2D eigenvalue weighted by Gasteiger charge is -2.18. The first-order valence-corrected chi connectivity index (χ1v) is 35.0. The fraction of sp³-hybridized carbons (Fsp3) is 0.957. The fourth-order valence-corrected chi connectivity index (χ4v) is 11.1. The average molecular weight is 1070 g/mol. The number of unbranched alkanes of at least 4 members (excludes halogenated alkanes) is 55. The Labute approximate surface area is 476 Å². The summed E-state index contributed by atoms with van der Waals surface area (Å²) >= 11 is 0. The Balaban J connectivity index is 4.03. The Hall–Kier alpha value is -1.59. The molecule has 0 saturated heterocycles. The van der Waals surface area contributed by atoms with E-state index in [1.807, 2.05) is 0 Å². The molecule has 6 nitrogen and oxygen atoms in total. The van der Waals surface area contributed by atoms with Gasteiger partial charge in [-0.25, -0.2) is 0 Å². The van der Waals surface area contributed by atoms with E-state index in [2.05, 4.69) is 20.8 Å². The summed E-state index contributed by atoms with van der Waals surface area (Å²) < 4.78 is 16.9. The minimum atomic E-state index is -0.762. The third kappa shape index (κ3) is 63.2. The molecule has 1 atom stereocenters. The molecule has 0 bridgehead atoms. The van der Waals surface area contributed by atoms with Crippen LogP contribution in [0.25, 0.3) is 0 Å². The summed E-state index contributed by atoms with van der Waals surface area (Å²) in [5, 5.41) is 0. The third-order valence-corrected chi connectivity index (χ3v) is 16.4. The Kier molecular flexibility index (Phi) is 64.5. The lowest BCUT2D eigenvalue weighted by molar-refractivity contribution is -0.167. The van der Waals surface area contributed by atoms with Crippen LogP contribution < -0.4 is 0 Å². The monoisotopic (exact) mass is 1070 g/mol. The van der Waals surface area contributed by atoms with Crippen molar-refractivity contribution in [1.82, 2.24) is 0 Å². The van der Waals surface area contributed by atoms with Crippen LogP contribution in [0.4, 0.5) is 0 Å². The van der Waals surface area contributed by atoms with E-state index in [0.717, 1.165) is 57.8 Å². The first-order valence-electron chi connectivity index (χ1n) is 35.0. The summed E-state index contributed by atoms with van der Waals surface area (Å²) in [7, 11) is 0. The standard InChI is InChI=1S/C70H136O6/c1-4-7-10-13-16-19-21-23-25-27-29-31-33-34-35-36-38-39-41-43-45-47-49-51-54-57-60-63-69(72)75-66-67(65-74-68(71)62-59-56-53-18-15-12-9-6-3)76-70(73)64-61-58-55-52-50-48-46-44-42-40-37-32-30-28-26-24-22-20-17-14-11-8-5-2/h67H,4-66H2,1-3H3. The van der Waals surface area contributed by atoms with Crippen molar-refractivity contribution in [2.75, 3.05) is 13.2 Å². The molecule has 452 valence electrons. The molecule has 0 radical (unpaired) electrons. The summed E-state index contributed by atoms with van der Waals surface area (Å²) in [6.45, 7) is 6.71. The molecular weight excluding hydrogens is 937 g/mol. The van der Waals surface area contributed by atoms with Gasteiger partial charge in [-0.15, -0.1) is 0 Å². The highest BCUT2D eigenvalue weighted by Gasteiger charge is 2.19. The topological polar surface area (TPSA) is 78.9 Å². The van der Waals surface area contributed by atoms with Gasteiger partial charge in [-0.3, -0.25) is 14.4 Å². The number of rotatable bonds is 66. The maximum atomic E-state index is 12.9. The second kappa shape index (κ2) is 65.9. The van der Waals surface area contributed by atoms with Gasteiger partial charge in [0.05, 0.1) is 0 Å². The second-order valence-corrected chi connectivity index (χ2v) is 24.2. The number of carbonyl (C=O) groups is 3. The zero-order chi connectivity index (χ0) is 55.0. The van der Waals surface area contributed by atoms with Crippen LogP contribution in [0, 0.1) is 0 Å². The molecule has 0 aliphatic heterocycles. The van der Waals surface area contributed by atoms with Gasteiger partial charge in [0.15, 0.2) is 6.10 Å². The van der Waals surface area contributed by atoms with Crippen LogP contribution in [-0.4, -0.2) is 37.2 Å². The van der Waals surface area contributed by atoms with Crippen molar-refractivity contribution in [3.63, 3.8) is 0 Å². The molecule has 0 aliphatic rings. The van der Waals surface area contributed by atoms with Crippen LogP contribution >= 0.6 is 0 Å². The molecule has 0 spiro atoms. The molecule has 0 saturated carbocycles. The Bertz CT molecular complexity index is 1140. The zero-order valence-electron chi connectivity index (χ0n) is 52.1. The lowest BCUT2D eigenvalue weighted by Crippen LogP contribution is -2.30. The van der Waals surface area contributed by atoms with Gasteiger partial charge < -0.3 is 14.2 Å². The van der Waals surface area contributed by atoms with Crippen molar-refractivity contribution in [3.8, 4) is 0 Å². The number of carbonyl (C=O) groups excluding carboxylic acids is 3. The minimum Gasteiger partial charge on any atom is -0.462 e. The van der Waals surface area contributed by atoms with E-state index in [0.29, 0.717) is 19.3 Å². The molecule has 0 fully saturated rings. The van der Waals surface area contributed by atoms with Crippen molar-refractivity contribution < 1.29 is 28.6 Å². The largest absolute Gasteiger partial charge is 0.462 e. The molecule has 0 amide bonds. The molecule has 0 heterocycles. The van der Waals surface area contributed by atoms with E-state index in [1.165, 1.54) is 315 Å². The highest BCUT2D eigenvalue weighted by Crippen LogP contribution is 2.19. The SMILES string of the molecule is CCCCCCCCCCCCCCCCCCCCCCCCCCCCCC(=O)OCC(COC(=O)CCCCCCCCCC)OC(=O)CCCCCCCCCCCCCCCCCCCCCCCCC. The van der Waals surface area contributed by atoms with Gasteiger partial charge in [-0.1, -0.05) is 374 Å². The van der Waals surface area contributed by atoms with E-state index in [-0.39, 0.29) is 31.1 Å². The fourth-order valence-electron chi connectivity index (χ4n) is 11.1. The van der Waals surface area contributed by atoms with Gasteiger partial charge in [-0.2, -0.15) is 0 Å².